The van der Waals surface area contributed by atoms with Gasteiger partial charge in [-0.05, 0) is 52.9 Å². The van der Waals surface area contributed by atoms with Crippen LogP contribution in [0.3, 0.4) is 0 Å². The number of ether oxygens (including phenoxy) is 1. The van der Waals surface area contributed by atoms with Crippen molar-refractivity contribution >= 4 is 40.9 Å². The number of hydrogen-bond acceptors (Lipinski definition) is 4. The average molecular weight is 454 g/mol. The normalized spacial score (nSPS) is 11.4. The molecule has 3 aromatic rings. The molecular weight excluding hydrogens is 437 g/mol. The third-order valence-electron chi connectivity index (χ3n) is 5.05. The number of halogens is 2. The Morgan fingerprint density at radius 1 is 0.903 bits per heavy atom. The molecule has 1 amide bonds. The summed E-state index contributed by atoms with van der Waals surface area (Å²) in [5, 5.41) is 2.99. The highest BCUT2D eigenvalue weighted by atomic mass is 35.5. The Balaban J connectivity index is 1.32. The number of ketones is 1. The van der Waals surface area contributed by atoms with E-state index < -0.39 is 18.5 Å². The van der Waals surface area contributed by atoms with Gasteiger partial charge in [-0.3, -0.25) is 14.4 Å². The maximum absolute atomic E-state index is 12.5. The van der Waals surface area contributed by atoms with E-state index in [-0.39, 0.29) is 22.9 Å². The van der Waals surface area contributed by atoms with E-state index >= 15 is 0 Å². The second-order valence-electron chi connectivity index (χ2n) is 7.10. The first-order valence-electron chi connectivity index (χ1n) is 9.55. The molecule has 31 heavy (non-hydrogen) atoms. The molecule has 0 radical (unpaired) electrons. The summed E-state index contributed by atoms with van der Waals surface area (Å²) in [6, 6.07) is 18.0. The fourth-order valence-corrected chi connectivity index (χ4v) is 3.99. The average Bonchev–Trinajstić information content (AvgIpc) is 3.13. The first kappa shape index (κ1) is 21.1. The monoisotopic (exact) mass is 453 g/mol. The maximum Gasteiger partial charge on any atom is 0.325 e. The lowest BCUT2D eigenvalue weighted by atomic mass is 10.0. The second kappa shape index (κ2) is 8.92. The Hall–Kier alpha value is -3.15. The van der Waals surface area contributed by atoms with Crippen molar-refractivity contribution in [1.82, 2.24) is 5.32 Å². The zero-order valence-corrected chi connectivity index (χ0v) is 17.8. The molecule has 0 saturated carbocycles. The fraction of sp³-hybridized carbons (Fsp3) is 0.125. The lowest BCUT2D eigenvalue weighted by Gasteiger charge is -2.08. The third-order valence-corrected chi connectivity index (χ3v) is 5.60. The minimum absolute atomic E-state index is 0.173. The highest BCUT2D eigenvalue weighted by Gasteiger charge is 2.20. The van der Waals surface area contributed by atoms with Crippen molar-refractivity contribution in [1.29, 1.82) is 0 Å². The number of nitrogens with one attached hydrogen (secondary N) is 1. The lowest BCUT2D eigenvalue weighted by molar-refractivity contribution is -0.141. The molecule has 1 aliphatic rings. The molecule has 0 heterocycles. The number of Topliss-reactive ketones (excluding diaryl/α,β-unsaturated/α-hetero) is 1. The molecule has 0 unspecified atom stereocenters. The first-order chi connectivity index (χ1) is 14.9. The van der Waals surface area contributed by atoms with Crippen LogP contribution in [0.4, 0.5) is 0 Å². The lowest BCUT2D eigenvalue weighted by Crippen LogP contribution is -2.31. The molecule has 1 aliphatic carbocycles. The molecule has 0 spiro atoms. The van der Waals surface area contributed by atoms with Crippen LogP contribution in [0, 0.1) is 0 Å². The van der Waals surface area contributed by atoms with E-state index in [1.165, 1.54) is 29.3 Å². The summed E-state index contributed by atoms with van der Waals surface area (Å²) < 4.78 is 5.03. The molecule has 0 bridgehead atoms. The first-order valence-corrected chi connectivity index (χ1v) is 10.3. The van der Waals surface area contributed by atoms with Gasteiger partial charge in [-0.15, -0.1) is 0 Å². The van der Waals surface area contributed by atoms with E-state index in [0.717, 1.165) is 17.5 Å². The van der Waals surface area contributed by atoms with Gasteiger partial charge in [0, 0.05) is 10.6 Å². The van der Waals surface area contributed by atoms with Crippen LogP contribution >= 0.6 is 23.2 Å². The SMILES string of the molecule is O=C(CNC(=O)c1ccc(Cl)cc1Cl)OCC(=O)c1ccc2c(c1)-c1ccccc1C2. The molecule has 1 N–H and O–H groups in total. The summed E-state index contributed by atoms with van der Waals surface area (Å²) in [4.78, 5) is 36.6. The van der Waals surface area contributed by atoms with Crippen LogP contribution in [0.2, 0.25) is 10.0 Å². The molecule has 0 aliphatic heterocycles. The summed E-state index contributed by atoms with van der Waals surface area (Å²) >= 11 is 11.8. The molecule has 0 atom stereocenters. The Morgan fingerprint density at radius 3 is 2.48 bits per heavy atom. The van der Waals surface area contributed by atoms with Gasteiger partial charge < -0.3 is 10.1 Å². The molecule has 0 fully saturated rings. The Kier molecular flexibility index (Phi) is 6.07. The highest BCUT2D eigenvalue weighted by Crippen LogP contribution is 2.36. The topological polar surface area (TPSA) is 72.5 Å². The number of carbonyl (C=O) groups is 3. The van der Waals surface area contributed by atoms with Crippen LogP contribution in [-0.2, 0) is 16.0 Å². The van der Waals surface area contributed by atoms with Gasteiger partial charge in [0.05, 0.1) is 10.6 Å². The van der Waals surface area contributed by atoms with Crippen LogP contribution in [0.15, 0.2) is 60.7 Å². The van der Waals surface area contributed by atoms with Crippen LogP contribution in [0.5, 0.6) is 0 Å². The highest BCUT2D eigenvalue weighted by molar-refractivity contribution is 6.36. The summed E-state index contributed by atoms with van der Waals surface area (Å²) in [5.74, 6) is -1.58. The van der Waals surface area contributed by atoms with Gasteiger partial charge in [0.1, 0.15) is 6.54 Å². The molecule has 3 aromatic carbocycles. The van der Waals surface area contributed by atoms with Gasteiger partial charge in [0.25, 0.3) is 5.91 Å². The van der Waals surface area contributed by atoms with E-state index in [2.05, 4.69) is 11.4 Å². The Bertz CT molecular complexity index is 1210. The number of benzene rings is 3. The van der Waals surface area contributed by atoms with Crippen molar-refractivity contribution in [2.45, 2.75) is 6.42 Å². The number of fused-ring (bicyclic) bond motifs is 3. The molecule has 0 aromatic heterocycles. The minimum atomic E-state index is -0.724. The number of hydrogen-bond donors (Lipinski definition) is 1. The van der Waals surface area contributed by atoms with Gasteiger partial charge in [-0.2, -0.15) is 0 Å². The molecule has 4 rings (SSSR count). The van der Waals surface area contributed by atoms with Crippen LogP contribution in [0.25, 0.3) is 11.1 Å². The maximum atomic E-state index is 12.5. The van der Waals surface area contributed by atoms with Gasteiger partial charge >= 0.3 is 5.97 Å². The van der Waals surface area contributed by atoms with Crippen molar-refractivity contribution in [2.24, 2.45) is 0 Å². The predicted molar refractivity (Wildman–Crippen MR) is 119 cm³/mol. The quantitative estimate of drug-likeness (QED) is 0.338. The zero-order chi connectivity index (χ0) is 22.0. The molecule has 156 valence electrons. The Labute approximate surface area is 188 Å². The van der Waals surface area contributed by atoms with Crippen LogP contribution < -0.4 is 5.32 Å². The Morgan fingerprint density at radius 2 is 1.68 bits per heavy atom. The van der Waals surface area contributed by atoms with Gasteiger partial charge in [0.15, 0.2) is 12.4 Å². The largest absolute Gasteiger partial charge is 0.456 e. The third kappa shape index (κ3) is 4.63. The summed E-state index contributed by atoms with van der Waals surface area (Å²) in [5.41, 5.74) is 5.20. The molecule has 5 nitrogen and oxygen atoms in total. The van der Waals surface area contributed by atoms with Crippen molar-refractivity contribution in [2.75, 3.05) is 13.2 Å². The van der Waals surface area contributed by atoms with E-state index in [0.29, 0.717) is 10.6 Å². The summed E-state index contributed by atoms with van der Waals surface area (Å²) in [6.07, 6.45) is 0.840. The zero-order valence-electron chi connectivity index (χ0n) is 16.3. The van der Waals surface area contributed by atoms with Crippen LogP contribution in [-0.4, -0.2) is 30.8 Å². The van der Waals surface area contributed by atoms with Crippen molar-refractivity contribution < 1.29 is 19.1 Å². The predicted octanol–water partition coefficient (Wildman–Crippen LogP) is 4.72. The number of esters is 1. The van der Waals surface area contributed by atoms with Gasteiger partial charge in [-0.1, -0.05) is 59.6 Å². The fourth-order valence-electron chi connectivity index (χ4n) is 3.50. The van der Waals surface area contributed by atoms with Crippen molar-refractivity contribution in [3.8, 4) is 11.1 Å². The number of rotatable bonds is 6. The van der Waals surface area contributed by atoms with Crippen molar-refractivity contribution in [3.05, 3.63) is 93.0 Å². The molecule has 7 heteroatoms. The molecular formula is C24H17Cl2NO4. The smallest absolute Gasteiger partial charge is 0.325 e. The summed E-state index contributed by atoms with van der Waals surface area (Å²) in [7, 11) is 0. The number of amides is 1. The van der Waals surface area contributed by atoms with E-state index in [4.69, 9.17) is 27.9 Å². The van der Waals surface area contributed by atoms with Gasteiger partial charge in [-0.25, -0.2) is 0 Å². The van der Waals surface area contributed by atoms with E-state index in [1.807, 2.05) is 30.3 Å². The van der Waals surface area contributed by atoms with Gasteiger partial charge in [0.2, 0.25) is 0 Å². The van der Waals surface area contributed by atoms with E-state index in [9.17, 15) is 14.4 Å². The van der Waals surface area contributed by atoms with Crippen molar-refractivity contribution in [3.63, 3.8) is 0 Å². The van der Waals surface area contributed by atoms with Crippen LogP contribution in [0.1, 0.15) is 31.8 Å². The van der Waals surface area contributed by atoms with E-state index in [1.54, 1.807) is 6.07 Å². The standard InChI is InChI=1S/C24H17Cl2NO4/c25-17-7-8-19(21(26)11-17)24(30)27-12-23(29)31-13-22(28)16-6-5-15-9-14-3-1-2-4-18(14)20(15)10-16/h1-8,10-11H,9,12-13H2,(H,27,30). The minimum Gasteiger partial charge on any atom is -0.456 e. The molecule has 0 saturated heterocycles. The number of carbonyl (C=O) groups excluding carboxylic acids is 3. The summed E-state index contributed by atoms with van der Waals surface area (Å²) in [6.45, 7) is -0.792. The second-order valence-corrected chi connectivity index (χ2v) is 7.94.